The molecule has 11 nitrogen and oxygen atoms in total. The van der Waals surface area contributed by atoms with Crippen molar-refractivity contribution in [3.8, 4) is 0 Å². The highest BCUT2D eigenvalue weighted by molar-refractivity contribution is 6.38. The van der Waals surface area contributed by atoms with E-state index in [9.17, 15) is 41.9 Å². The molecule has 2 saturated carbocycles. The topological polar surface area (TPSA) is 154 Å². The molecule has 1 unspecified atom stereocenters. The summed E-state index contributed by atoms with van der Waals surface area (Å²) < 4.78 is 39.9. The van der Waals surface area contributed by atoms with Gasteiger partial charge in [0.25, 0.3) is 5.91 Å². The Morgan fingerprint density at radius 1 is 0.953 bits per heavy atom. The van der Waals surface area contributed by atoms with Gasteiger partial charge < -0.3 is 26.2 Å². The number of piperidine rings is 1. The van der Waals surface area contributed by atoms with E-state index in [-0.39, 0.29) is 30.1 Å². The molecule has 43 heavy (non-hydrogen) atoms. The fourth-order valence-corrected chi connectivity index (χ4v) is 6.11. The molecule has 5 amide bonds. The Morgan fingerprint density at radius 2 is 1.53 bits per heavy atom. The summed E-state index contributed by atoms with van der Waals surface area (Å²) in [6, 6.07) is -6.04. The van der Waals surface area contributed by atoms with E-state index < -0.39 is 83.0 Å². The number of carbonyl (C=O) groups is 6. The molecule has 0 spiro atoms. The minimum Gasteiger partial charge on any atom is -0.353 e. The van der Waals surface area contributed by atoms with Crippen LogP contribution in [0.2, 0.25) is 0 Å². The predicted octanol–water partition coefficient (Wildman–Crippen LogP) is 1.94. The third kappa shape index (κ3) is 7.67. The van der Waals surface area contributed by atoms with Crippen molar-refractivity contribution in [3.05, 3.63) is 0 Å². The lowest BCUT2D eigenvalue weighted by Crippen LogP contribution is -2.62. The smallest absolute Gasteiger partial charge is 0.353 e. The average Bonchev–Trinajstić information content (AvgIpc) is 3.75. The van der Waals surface area contributed by atoms with Crippen molar-refractivity contribution in [1.82, 2.24) is 26.2 Å². The molecule has 14 heteroatoms. The van der Waals surface area contributed by atoms with Gasteiger partial charge in [0.1, 0.15) is 18.1 Å². The number of hydrogen-bond acceptors (Lipinski definition) is 6. The van der Waals surface area contributed by atoms with E-state index in [0.717, 1.165) is 19.9 Å². The monoisotopic (exact) mass is 615 g/mol. The number of ketones is 2. The lowest BCUT2D eigenvalue weighted by atomic mass is 9.85. The molecule has 0 aromatic rings. The van der Waals surface area contributed by atoms with Crippen LogP contribution in [0.4, 0.5) is 18.0 Å². The maximum Gasteiger partial charge on any atom is 0.391 e. The molecule has 3 aliphatic rings. The minimum atomic E-state index is -4.86. The Morgan fingerprint density at radius 3 is 2.00 bits per heavy atom. The van der Waals surface area contributed by atoms with Crippen LogP contribution < -0.4 is 21.3 Å². The molecule has 6 atom stereocenters. The Balaban J connectivity index is 1.84. The van der Waals surface area contributed by atoms with Gasteiger partial charge in [-0.3, -0.25) is 24.0 Å². The van der Waals surface area contributed by atoms with Crippen molar-refractivity contribution in [2.75, 3.05) is 13.6 Å². The van der Waals surface area contributed by atoms with Crippen LogP contribution in [0.3, 0.4) is 0 Å². The van der Waals surface area contributed by atoms with E-state index >= 15 is 0 Å². The van der Waals surface area contributed by atoms with Gasteiger partial charge in [0.2, 0.25) is 17.6 Å². The van der Waals surface area contributed by atoms with Crippen LogP contribution in [0.5, 0.6) is 0 Å². The molecule has 3 fully saturated rings. The van der Waals surface area contributed by atoms with Crippen LogP contribution in [0.1, 0.15) is 67.7 Å². The van der Waals surface area contributed by atoms with E-state index in [1.807, 2.05) is 19.2 Å². The summed E-state index contributed by atoms with van der Waals surface area (Å²) in [7, 11) is 1.09. The summed E-state index contributed by atoms with van der Waals surface area (Å²) in [5.41, 5.74) is -1.27. The lowest BCUT2D eigenvalue weighted by molar-refractivity contribution is -0.155. The molecule has 242 valence electrons. The normalized spacial score (nSPS) is 24.7. The van der Waals surface area contributed by atoms with Crippen molar-refractivity contribution in [3.63, 3.8) is 0 Å². The number of halogens is 3. The predicted molar refractivity (Wildman–Crippen MR) is 149 cm³/mol. The van der Waals surface area contributed by atoms with Crippen molar-refractivity contribution < 1.29 is 41.9 Å². The number of likely N-dealkylation sites (tertiary alicyclic amines) is 1. The van der Waals surface area contributed by atoms with Crippen molar-refractivity contribution in [2.24, 2.45) is 34.5 Å². The molecular formula is C29H44F3N5O6. The Hall–Kier alpha value is -3.19. The van der Waals surface area contributed by atoms with Gasteiger partial charge in [-0.1, -0.05) is 48.5 Å². The summed E-state index contributed by atoms with van der Waals surface area (Å²) in [4.78, 5) is 79.0. The second kappa shape index (κ2) is 12.1. The van der Waals surface area contributed by atoms with Gasteiger partial charge >= 0.3 is 12.2 Å². The van der Waals surface area contributed by atoms with Crippen LogP contribution in [0.15, 0.2) is 0 Å². The minimum absolute atomic E-state index is 0.0675. The van der Waals surface area contributed by atoms with Crippen LogP contribution in [0, 0.1) is 34.5 Å². The van der Waals surface area contributed by atoms with Gasteiger partial charge in [-0.05, 0) is 41.4 Å². The number of urea groups is 1. The summed E-state index contributed by atoms with van der Waals surface area (Å²) in [5.74, 6) is -5.25. The maximum absolute atomic E-state index is 14.0. The van der Waals surface area contributed by atoms with E-state index in [4.69, 9.17) is 0 Å². The molecular weight excluding hydrogens is 571 g/mol. The third-order valence-electron chi connectivity index (χ3n) is 8.91. The summed E-state index contributed by atoms with van der Waals surface area (Å²) in [5, 5.41) is 9.44. The highest BCUT2D eigenvalue weighted by atomic mass is 19.4. The van der Waals surface area contributed by atoms with E-state index in [0.29, 0.717) is 0 Å². The standard InChI is InChI=1S/C29H44F3N5O6/c1-13(2)18(20(38)14-9-10-14)35-26(43)36-22(27(3,4)5)25(42)37-12-15-17(28(15,6)7)19(37)23(40)34-16(11-29(30,31)32)21(39)24(41)33-8/h13-19,22H,9-12H2,1-8H3,(H,33,41)(H,34,40)(H2,35,36,43)/t15-,16?,17-,18-,19-,22+/m0/s1. The molecule has 1 saturated heterocycles. The fourth-order valence-electron chi connectivity index (χ4n) is 6.11. The first kappa shape index (κ1) is 34.3. The second-order valence-electron chi connectivity index (χ2n) is 14.0. The van der Waals surface area contributed by atoms with Crippen LogP contribution in [-0.4, -0.2) is 84.2 Å². The zero-order valence-corrected chi connectivity index (χ0v) is 26.0. The first-order valence-electron chi connectivity index (χ1n) is 14.7. The van der Waals surface area contributed by atoms with Gasteiger partial charge in [-0.25, -0.2) is 4.79 Å². The van der Waals surface area contributed by atoms with Crippen molar-refractivity contribution >= 4 is 35.3 Å². The molecule has 0 radical (unpaired) electrons. The van der Waals surface area contributed by atoms with Crippen molar-refractivity contribution in [1.29, 1.82) is 0 Å². The van der Waals surface area contributed by atoms with E-state index in [1.54, 1.807) is 34.6 Å². The number of Topliss-reactive ketones (excluding diaryl/α,β-unsaturated/α-hetero) is 2. The van der Waals surface area contributed by atoms with Crippen LogP contribution >= 0.6 is 0 Å². The SMILES string of the molecule is CNC(=O)C(=O)C(CC(F)(F)F)NC(=O)[C@@H]1[C@@H]2[C@H](CN1C(=O)[C@@H](NC(=O)N[C@H](C(=O)C1CC1)C(C)C)C(C)(C)C)C2(C)C. The number of nitrogens with one attached hydrogen (secondary N) is 4. The summed E-state index contributed by atoms with van der Waals surface area (Å²) >= 11 is 0. The number of rotatable bonds is 11. The Labute approximate surface area is 249 Å². The number of amides is 5. The third-order valence-corrected chi connectivity index (χ3v) is 8.91. The first-order chi connectivity index (χ1) is 19.6. The van der Waals surface area contributed by atoms with Gasteiger partial charge in [-0.15, -0.1) is 0 Å². The molecule has 0 bridgehead atoms. The lowest BCUT2D eigenvalue weighted by Gasteiger charge is -2.38. The van der Waals surface area contributed by atoms with E-state index in [1.165, 1.54) is 4.90 Å². The summed E-state index contributed by atoms with van der Waals surface area (Å²) in [6.45, 7) is 12.6. The highest BCUT2D eigenvalue weighted by Gasteiger charge is 2.70. The van der Waals surface area contributed by atoms with Gasteiger partial charge in [0, 0.05) is 19.5 Å². The maximum atomic E-state index is 14.0. The van der Waals surface area contributed by atoms with Crippen LogP contribution in [0.25, 0.3) is 0 Å². The summed E-state index contributed by atoms with van der Waals surface area (Å²) in [6.07, 6.45) is -5.09. The highest BCUT2D eigenvalue weighted by Crippen LogP contribution is 2.65. The number of alkyl halides is 3. The number of carbonyl (C=O) groups excluding carboxylic acids is 6. The molecule has 4 N–H and O–H groups in total. The zero-order chi connectivity index (χ0) is 32.8. The molecule has 3 rings (SSSR count). The fraction of sp³-hybridized carbons (Fsp3) is 0.793. The quantitative estimate of drug-likeness (QED) is 0.261. The van der Waals surface area contributed by atoms with Gasteiger partial charge in [-0.2, -0.15) is 13.2 Å². The zero-order valence-electron chi connectivity index (χ0n) is 26.0. The van der Waals surface area contributed by atoms with Crippen LogP contribution in [-0.2, 0) is 24.0 Å². The van der Waals surface area contributed by atoms with E-state index in [2.05, 4.69) is 16.0 Å². The molecule has 0 aromatic carbocycles. The van der Waals surface area contributed by atoms with Crippen molar-refractivity contribution in [2.45, 2.75) is 98.1 Å². The van der Waals surface area contributed by atoms with Gasteiger partial charge in [0.15, 0.2) is 5.78 Å². The first-order valence-corrected chi connectivity index (χ1v) is 14.7. The molecule has 0 aromatic heterocycles. The average molecular weight is 616 g/mol. The number of hydrogen-bond donors (Lipinski definition) is 4. The Bertz CT molecular complexity index is 1160. The number of fused-ring (bicyclic) bond motifs is 1. The molecule has 1 heterocycles. The van der Waals surface area contributed by atoms with Gasteiger partial charge in [0.05, 0.1) is 12.5 Å². The largest absolute Gasteiger partial charge is 0.391 e. The number of nitrogens with zero attached hydrogens (tertiary/aromatic N) is 1. The number of likely N-dealkylation sites (N-methyl/N-ethyl adjacent to an activating group) is 1. The second-order valence-corrected chi connectivity index (χ2v) is 14.0. The molecule has 2 aliphatic carbocycles. The Kier molecular flexibility index (Phi) is 9.63. The molecule has 1 aliphatic heterocycles.